The fourth-order valence-electron chi connectivity index (χ4n) is 4.83. The highest BCUT2D eigenvalue weighted by Gasteiger charge is 2.45. The molecule has 8 nitrogen and oxygen atoms in total. The first kappa shape index (κ1) is 20.4. The minimum absolute atomic E-state index is 0.00516. The second-order valence-corrected chi connectivity index (χ2v) is 11.0. The molecule has 0 spiro atoms. The van der Waals surface area contributed by atoms with E-state index in [4.69, 9.17) is 9.88 Å². The Morgan fingerprint density at radius 3 is 2.30 bits per heavy atom. The molecule has 2 unspecified atom stereocenters. The third-order valence-corrected chi connectivity index (χ3v) is 6.61. The van der Waals surface area contributed by atoms with E-state index in [1.54, 1.807) is 4.90 Å². The van der Waals surface area contributed by atoms with Crippen LogP contribution in [0.5, 0.6) is 0 Å². The number of sulfonamides is 1. The number of carbonyl (C=O) groups excluding carboxylic acids is 2. The van der Waals surface area contributed by atoms with Crippen LogP contribution >= 0.6 is 0 Å². The van der Waals surface area contributed by atoms with E-state index in [-0.39, 0.29) is 42.2 Å². The number of primary sulfonamides is 1. The maximum Gasteiger partial charge on any atom is 0.410 e. The van der Waals surface area contributed by atoms with Crippen LogP contribution in [0.4, 0.5) is 4.79 Å². The van der Waals surface area contributed by atoms with Crippen molar-refractivity contribution >= 4 is 22.0 Å². The van der Waals surface area contributed by atoms with Gasteiger partial charge in [0.05, 0.1) is 5.75 Å². The number of rotatable bonds is 4. The lowest BCUT2D eigenvalue weighted by Gasteiger charge is -2.40. The van der Waals surface area contributed by atoms with Gasteiger partial charge in [0.1, 0.15) is 5.60 Å². The molecule has 0 aromatic rings. The van der Waals surface area contributed by atoms with Crippen LogP contribution in [0.3, 0.4) is 0 Å². The summed E-state index contributed by atoms with van der Waals surface area (Å²) in [5.41, 5.74) is -0.506. The number of hydrogen-bond donors (Lipinski definition) is 1. The van der Waals surface area contributed by atoms with E-state index in [0.717, 1.165) is 25.7 Å². The highest BCUT2D eigenvalue weighted by atomic mass is 32.2. The van der Waals surface area contributed by atoms with E-state index < -0.39 is 15.6 Å². The summed E-state index contributed by atoms with van der Waals surface area (Å²) < 4.78 is 28.1. The van der Waals surface area contributed by atoms with Crippen LogP contribution in [-0.4, -0.2) is 66.7 Å². The zero-order valence-corrected chi connectivity index (χ0v) is 17.2. The molecule has 0 aromatic carbocycles. The number of piperidine rings is 1. The number of likely N-dealkylation sites (tertiary alicyclic amines) is 1. The van der Waals surface area contributed by atoms with Gasteiger partial charge >= 0.3 is 6.09 Å². The van der Waals surface area contributed by atoms with Crippen LogP contribution in [0.2, 0.25) is 0 Å². The summed E-state index contributed by atoms with van der Waals surface area (Å²) in [6, 6.07) is 0.336. The Hall–Kier alpha value is -1.35. The van der Waals surface area contributed by atoms with Crippen molar-refractivity contribution in [3.8, 4) is 0 Å². The first-order valence-electron chi connectivity index (χ1n) is 9.71. The lowest BCUT2D eigenvalue weighted by Crippen LogP contribution is -2.50. The quantitative estimate of drug-likeness (QED) is 0.763. The van der Waals surface area contributed by atoms with Crippen LogP contribution < -0.4 is 5.14 Å². The van der Waals surface area contributed by atoms with Gasteiger partial charge in [0.25, 0.3) is 0 Å². The summed E-state index contributed by atoms with van der Waals surface area (Å²) >= 11 is 0. The predicted octanol–water partition coefficient (Wildman–Crippen LogP) is 1.30. The zero-order valence-electron chi connectivity index (χ0n) is 16.4. The lowest BCUT2D eigenvalue weighted by atomic mass is 9.90. The molecule has 27 heavy (non-hydrogen) atoms. The number of nitrogens with two attached hydrogens (primary N) is 1. The van der Waals surface area contributed by atoms with Crippen molar-refractivity contribution in [2.75, 3.05) is 18.8 Å². The number of ether oxygens (including phenoxy) is 1. The Morgan fingerprint density at radius 1 is 1.19 bits per heavy atom. The van der Waals surface area contributed by atoms with Crippen LogP contribution in [-0.2, 0) is 19.6 Å². The predicted molar refractivity (Wildman–Crippen MR) is 100 cm³/mol. The molecule has 0 radical (unpaired) electrons. The van der Waals surface area contributed by atoms with Crippen molar-refractivity contribution < 1.29 is 22.7 Å². The molecule has 3 saturated heterocycles. The van der Waals surface area contributed by atoms with Crippen molar-refractivity contribution in [1.82, 2.24) is 9.80 Å². The maximum absolute atomic E-state index is 12.5. The summed E-state index contributed by atoms with van der Waals surface area (Å²) in [5.74, 6) is -0.0209. The van der Waals surface area contributed by atoms with Gasteiger partial charge in [-0.2, -0.15) is 0 Å². The van der Waals surface area contributed by atoms with Gasteiger partial charge in [0.15, 0.2) is 0 Å². The van der Waals surface area contributed by atoms with Gasteiger partial charge in [-0.15, -0.1) is 0 Å². The minimum Gasteiger partial charge on any atom is -0.444 e. The van der Waals surface area contributed by atoms with Crippen molar-refractivity contribution in [3.63, 3.8) is 0 Å². The average molecular weight is 402 g/mol. The first-order chi connectivity index (χ1) is 12.4. The van der Waals surface area contributed by atoms with Crippen LogP contribution in [0.15, 0.2) is 0 Å². The van der Waals surface area contributed by atoms with E-state index in [0.29, 0.717) is 19.0 Å². The van der Waals surface area contributed by atoms with Gasteiger partial charge in [-0.05, 0) is 52.4 Å². The van der Waals surface area contributed by atoms with Gasteiger partial charge in [-0.1, -0.05) is 0 Å². The second kappa shape index (κ2) is 7.24. The Balaban J connectivity index is 1.56. The fraction of sp³-hybridized carbons (Fsp3) is 0.889. The van der Waals surface area contributed by atoms with Crippen molar-refractivity contribution in [2.24, 2.45) is 17.0 Å². The number of carbonyl (C=O) groups is 2. The molecular weight excluding hydrogens is 370 g/mol. The Bertz CT molecular complexity index is 688. The molecule has 2 amide bonds. The van der Waals surface area contributed by atoms with E-state index in [2.05, 4.69) is 0 Å². The number of hydrogen-bond acceptors (Lipinski definition) is 5. The fourth-order valence-corrected chi connectivity index (χ4v) is 5.71. The average Bonchev–Trinajstić information content (AvgIpc) is 2.93. The van der Waals surface area contributed by atoms with Crippen molar-refractivity contribution in [2.45, 2.75) is 70.6 Å². The number of fused-ring (bicyclic) bond motifs is 2. The minimum atomic E-state index is -3.56. The van der Waals surface area contributed by atoms with E-state index in [9.17, 15) is 18.0 Å². The highest BCUT2D eigenvalue weighted by molar-refractivity contribution is 7.89. The van der Waals surface area contributed by atoms with E-state index in [1.807, 2.05) is 25.7 Å². The SMILES string of the molecule is CC(C)(C)OC(=O)N1[C@@H]2CC[C@H]1CC(CN1CC(CS(N)(=O)=O)CC1=O)C2. The van der Waals surface area contributed by atoms with Gasteiger partial charge in [0.2, 0.25) is 15.9 Å². The Kier molecular flexibility index (Phi) is 5.46. The molecule has 0 aromatic heterocycles. The molecule has 4 atom stereocenters. The zero-order chi connectivity index (χ0) is 20.0. The van der Waals surface area contributed by atoms with Crippen molar-refractivity contribution in [3.05, 3.63) is 0 Å². The monoisotopic (exact) mass is 401 g/mol. The molecule has 154 valence electrons. The first-order valence-corrected chi connectivity index (χ1v) is 11.4. The summed E-state index contributed by atoms with van der Waals surface area (Å²) in [6.45, 7) is 6.70. The molecule has 2 N–H and O–H groups in total. The summed E-state index contributed by atoms with van der Waals surface area (Å²) in [5, 5.41) is 5.12. The standard InChI is InChI=1S/C18H31N3O5S/c1-18(2,3)26-17(23)21-14-4-5-15(21)7-12(6-14)9-20-10-13(8-16(20)22)11-27(19,24)25/h12-15H,4-11H2,1-3H3,(H2,19,24,25)/t12?,13?,14-,15+. The Morgan fingerprint density at radius 2 is 1.78 bits per heavy atom. The van der Waals surface area contributed by atoms with Crippen LogP contribution in [0.25, 0.3) is 0 Å². The topological polar surface area (TPSA) is 110 Å². The third-order valence-electron chi connectivity index (χ3n) is 5.68. The largest absolute Gasteiger partial charge is 0.444 e. The lowest BCUT2D eigenvalue weighted by molar-refractivity contribution is -0.128. The second-order valence-electron chi connectivity index (χ2n) is 9.31. The molecule has 3 aliphatic rings. The third kappa shape index (κ3) is 5.13. The van der Waals surface area contributed by atoms with E-state index >= 15 is 0 Å². The highest BCUT2D eigenvalue weighted by Crippen LogP contribution is 2.40. The van der Waals surface area contributed by atoms with Gasteiger partial charge in [-0.3, -0.25) is 4.79 Å². The summed E-state index contributed by atoms with van der Waals surface area (Å²) in [6.07, 6.45) is 3.68. The van der Waals surface area contributed by atoms with Gasteiger partial charge < -0.3 is 14.5 Å². The number of amides is 2. The normalized spacial score (nSPS) is 31.5. The van der Waals surface area contributed by atoms with Gasteiger partial charge in [0, 0.05) is 37.5 Å². The van der Waals surface area contributed by atoms with Crippen molar-refractivity contribution in [1.29, 1.82) is 0 Å². The molecule has 3 fully saturated rings. The summed E-state index contributed by atoms with van der Waals surface area (Å²) in [7, 11) is -3.56. The molecule has 0 aliphatic carbocycles. The van der Waals surface area contributed by atoms with Crippen LogP contribution in [0.1, 0.15) is 52.9 Å². The van der Waals surface area contributed by atoms with Gasteiger partial charge in [-0.25, -0.2) is 18.4 Å². The van der Waals surface area contributed by atoms with E-state index in [1.165, 1.54) is 0 Å². The maximum atomic E-state index is 12.5. The Labute approximate surface area is 161 Å². The molecule has 2 bridgehead atoms. The molecule has 3 heterocycles. The number of nitrogens with zero attached hydrogens (tertiary/aromatic N) is 2. The molecule has 9 heteroatoms. The molecule has 3 aliphatic heterocycles. The molecular formula is C18H31N3O5S. The molecule has 3 rings (SSSR count). The smallest absolute Gasteiger partial charge is 0.410 e. The van der Waals surface area contributed by atoms with Crippen LogP contribution in [0, 0.1) is 11.8 Å². The molecule has 0 saturated carbocycles. The summed E-state index contributed by atoms with van der Waals surface area (Å²) in [4.78, 5) is 28.5.